The van der Waals surface area contributed by atoms with Crippen LogP contribution < -0.4 is 5.32 Å². The van der Waals surface area contributed by atoms with Crippen LogP contribution in [0.5, 0.6) is 0 Å². The zero-order valence-electron chi connectivity index (χ0n) is 17.1. The molecule has 2 amide bonds. The summed E-state index contributed by atoms with van der Waals surface area (Å²) in [6.07, 6.45) is 1.40. The van der Waals surface area contributed by atoms with Crippen LogP contribution in [-0.2, 0) is 21.9 Å². The number of hydrogen-bond acceptors (Lipinski definition) is 3. The van der Waals surface area contributed by atoms with Crippen LogP contribution in [-0.4, -0.2) is 35.1 Å². The molecule has 0 aromatic heterocycles. The van der Waals surface area contributed by atoms with Crippen molar-refractivity contribution < 1.29 is 14.0 Å². The molecule has 0 saturated heterocycles. The first-order chi connectivity index (χ1) is 14.0. The molecule has 2 aromatic rings. The van der Waals surface area contributed by atoms with Crippen molar-refractivity contribution >= 4 is 23.6 Å². The van der Waals surface area contributed by atoms with Crippen LogP contribution in [0.2, 0.25) is 0 Å². The zero-order chi connectivity index (χ0) is 21.1. The lowest BCUT2D eigenvalue weighted by molar-refractivity contribution is -0.139. The highest BCUT2D eigenvalue weighted by Gasteiger charge is 2.28. The summed E-state index contributed by atoms with van der Waals surface area (Å²) in [4.78, 5) is 27.4. The molecular weight excluding hydrogens is 387 g/mol. The van der Waals surface area contributed by atoms with Gasteiger partial charge in [0.15, 0.2) is 0 Å². The summed E-state index contributed by atoms with van der Waals surface area (Å²) < 4.78 is 13.0. The van der Waals surface area contributed by atoms with Gasteiger partial charge in [0.25, 0.3) is 0 Å². The van der Waals surface area contributed by atoms with Gasteiger partial charge >= 0.3 is 0 Å². The largest absolute Gasteiger partial charge is 0.354 e. The van der Waals surface area contributed by atoms with Crippen molar-refractivity contribution in [3.63, 3.8) is 0 Å². The van der Waals surface area contributed by atoms with Crippen molar-refractivity contribution in [2.45, 2.75) is 45.0 Å². The fourth-order valence-corrected chi connectivity index (χ4v) is 3.86. The van der Waals surface area contributed by atoms with E-state index in [1.807, 2.05) is 44.2 Å². The third-order valence-corrected chi connectivity index (χ3v) is 5.53. The fraction of sp³-hybridized carbons (Fsp3) is 0.391. The van der Waals surface area contributed by atoms with Gasteiger partial charge in [-0.2, -0.15) is 0 Å². The Morgan fingerprint density at radius 3 is 2.34 bits per heavy atom. The fourth-order valence-electron chi connectivity index (χ4n) is 2.99. The van der Waals surface area contributed by atoms with Crippen LogP contribution in [0.1, 0.15) is 37.8 Å². The van der Waals surface area contributed by atoms with E-state index in [-0.39, 0.29) is 23.4 Å². The van der Waals surface area contributed by atoms with Gasteiger partial charge in [-0.1, -0.05) is 56.3 Å². The summed E-state index contributed by atoms with van der Waals surface area (Å²) in [5.74, 6) is 0.431. The molecule has 0 saturated carbocycles. The number of nitrogens with zero attached hydrogens (tertiary/aromatic N) is 1. The highest BCUT2D eigenvalue weighted by Crippen LogP contribution is 2.17. The topological polar surface area (TPSA) is 49.4 Å². The summed E-state index contributed by atoms with van der Waals surface area (Å²) in [6, 6.07) is 15.5. The second-order valence-corrected chi connectivity index (χ2v) is 7.83. The zero-order valence-corrected chi connectivity index (χ0v) is 17.9. The maximum absolute atomic E-state index is 13.0. The minimum atomic E-state index is -0.499. The van der Waals surface area contributed by atoms with Crippen LogP contribution >= 0.6 is 11.8 Å². The van der Waals surface area contributed by atoms with Crippen LogP contribution in [0.4, 0.5) is 4.39 Å². The SMILES string of the molecule is CCCNC(=O)[C@H](CC)N(Cc1ccccc1)C(=O)CSCc1ccc(F)cc1. The van der Waals surface area contributed by atoms with E-state index in [4.69, 9.17) is 0 Å². The number of carbonyl (C=O) groups excluding carboxylic acids is 2. The molecule has 0 heterocycles. The average molecular weight is 417 g/mol. The van der Waals surface area contributed by atoms with Gasteiger partial charge in [-0.25, -0.2) is 4.39 Å². The number of halogens is 1. The molecule has 6 heteroatoms. The average Bonchev–Trinajstić information content (AvgIpc) is 2.74. The Morgan fingerprint density at radius 1 is 1.03 bits per heavy atom. The third-order valence-electron chi connectivity index (χ3n) is 4.54. The van der Waals surface area contributed by atoms with Crippen molar-refractivity contribution in [2.24, 2.45) is 0 Å². The maximum atomic E-state index is 13.0. The van der Waals surface area contributed by atoms with Crippen LogP contribution in [0, 0.1) is 5.82 Å². The molecule has 29 heavy (non-hydrogen) atoms. The smallest absolute Gasteiger partial charge is 0.242 e. The van der Waals surface area contributed by atoms with Crippen LogP contribution in [0.15, 0.2) is 54.6 Å². The van der Waals surface area contributed by atoms with Gasteiger partial charge in [-0.15, -0.1) is 11.8 Å². The van der Waals surface area contributed by atoms with Crippen molar-refractivity contribution in [1.82, 2.24) is 10.2 Å². The Morgan fingerprint density at radius 2 is 1.72 bits per heavy atom. The Balaban J connectivity index is 2.06. The number of nitrogens with one attached hydrogen (secondary N) is 1. The molecule has 0 bridgehead atoms. The van der Waals surface area contributed by atoms with E-state index in [2.05, 4.69) is 5.32 Å². The molecule has 1 atom stereocenters. The van der Waals surface area contributed by atoms with E-state index in [1.165, 1.54) is 23.9 Å². The number of carbonyl (C=O) groups is 2. The molecule has 0 radical (unpaired) electrons. The molecule has 0 spiro atoms. The van der Waals surface area contributed by atoms with E-state index >= 15 is 0 Å². The van der Waals surface area contributed by atoms with Gasteiger partial charge in [-0.3, -0.25) is 9.59 Å². The number of benzene rings is 2. The summed E-state index contributed by atoms with van der Waals surface area (Å²) >= 11 is 1.47. The van der Waals surface area contributed by atoms with E-state index in [0.717, 1.165) is 17.5 Å². The van der Waals surface area contributed by atoms with Gasteiger partial charge in [0, 0.05) is 18.8 Å². The van der Waals surface area contributed by atoms with Gasteiger partial charge in [-0.05, 0) is 36.1 Å². The number of amides is 2. The van der Waals surface area contributed by atoms with E-state index in [9.17, 15) is 14.0 Å². The molecule has 0 fully saturated rings. The van der Waals surface area contributed by atoms with Crippen molar-refractivity contribution in [2.75, 3.05) is 12.3 Å². The van der Waals surface area contributed by atoms with Gasteiger partial charge in [0.05, 0.1) is 5.75 Å². The molecule has 2 aromatic carbocycles. The van der Waals surface area contributed by atoms with Gasteiger partial charge in [0.1, 0.15) is 11.9 Å². The molecule has 0 aliphatic heterocycles. The molecule has 0 aliphatic rings. The van der Waals surface area contributed by atoms with Crippen LogP contribution in [0.25, 0.3) is 0 Å². The first-order valence-electron chi connectivity index (χ1n) is 9.98. The maximum Gasteiger partial charge on any atom is 0.242 e. The van der Waals surface area contributed by atoms with Gasteiger partial charge in [0.2, 0.25) is 11.8 Å². The molecule has 156 valence electrons. The summed E-state index contributed by atoms with van der Waals surface area (Å²) in [6.45, 7) is 4.92. The molecular formula is C23H29FN2O2S. The van der Waals surface area contributed by atoms with Gasteiger partial charge < -0.3 is 10.2 Å². The minimum absolute atomic E-state index is 0.0699. The lowest BCUT2D eigenvalue weighted by atomic mass is 10.1. The normalized spacial score (nSPS) is 11.7. The summed E-state index contributed by atoms with van der Waals surface area (Å²) in [5, 5.41) is 2.92. The second kappa shape index (κ2) is 12.3. The van der Waals surface area contributed by atoms with Crippen molar-refractivity contribution in [3.8, 4) is 0 Å². The van der Waals surface area contributed by atoms with Crippen molar-refractivity contribution in [1.29, 1.82) is 0 Å². The monoisotopic (exact) mass is 416 g/mol. The van der Waals surface area contributed by atoms with E-state index in [1.54, 1.807) is 17.0 Å². The lowest BCUT2D eigenvalue weighted by Crippen LogP contribution is -2.49. The van der Waals surface area contributed by atoms with E-state index < -0.39 is 6.04 Å². The Labute approximate surface area is 176 Å². The highest BCUT2D eigenvalue weighted by atomic mass is 32.2. The number of hydrogen-bond donors (Lipinski definition) is 1. The Hall–Kier alpha value is -2.34. The third kappa shape index (κ3) is 7.54. The molecule has 4 nitrogen and oxygen atoms in total. The van der Waals surface area contributed by atoms with Crippen LogP contribution in [0.3, 0.4) is 0 Å². The summed E-state index contributed by atoms with van der Waals surface area (Å²) in [5.41, 5.74) is 1.96. The molecule has 2 rings (SSSR count). The molecule has 0 aliphatic carbocycles. The molecule has 0 unspecified atom stereocenters. The Bertz CT molecular complexity index is 768. The standard InChI is InChI=1S/C23H29FN2O2S/c1-3-14-25-23(28)21(4-2)26(15-18-8-6-5-7-9-18)22(27)17-29-16-19-10-12-20(24)13-11-19/h5-13,21H,3-4,14-17H2,1-2H3,(H,25,28)/t21-/m0/s1. The minimum Gasteiger partial charge on any atom is -0.354 e. The second-order valence-electron chi connectivity index (χ2n) is 6.84. The first kappa shape index (κ1) is 22.9. The van der Waals surface area contributed by atoms with Crippen molar-refractivity contribution in [3.05, 3.63) is 71.5 Å². The first-order valence-corrected chi connectivity index (χ1v) is 11.1. The molecule has 1 N–H and O–H groups in total. The highest BCUT2D eigenvalue weighted by molar-refractivity contribution is 7.99. The number of rotatable bonds is 11. The Kier molecular flexibility index (Phi) is 9.71. The quantitative estimate of drug-likeness (QED) is 0.591. The predicted molar refractivity (Wildman–Crippen MR) is 117 cm³/mol. The summed E-state index contributed by atoms with van der Waals surface area (Å²) in [7, 11) is 0. The number of thioether (sulfide) groups is 1. The van der Waals surface area contributed by atoms with E-state index in [0.29, 0.717) is 25.3 Å². The lowest BCUT2D eigenvalue weighted by Gasteiger charge is -2.30. The predicted octanol–water partition coefficient (Wildman–Crippen LogP) is 4.39.